The second-order valence-corrected chi connectivity index (χ2v) is 4.93. The lowest BCUT2D eigenvalue weighted by Crippen LogP contribution is -2.09. The molecule has 21 heavy (non-hydrogen) atoms. The maximum atomic E-state index is 13.1. The molecule has 0 amide bonds. The molecule has 2 aromatic rings. The highest BCUT2D eigenvalue weighted by atomic mass is 35.5. The molecule has 1 N–H and O–H groups in total. The first-order valence-corrected chi connectivity index (χ1v) is 6.73. The maximum Gasteiger partial charge on any atom is 0.143 e. The van der Waals surface area contributed by atoms with Gasteiger partial charge >= 0.3 is 0 Å². The molecule has 0 aliphatic carbocycles. The predicted molar refractivity (Wildman–Crippen MR) is 81.2 cm³/mol. The standard InChI is InChI=1S/C16H14ClFN2O/c1-10(13-7-6-12(18)8-14(13)17)20-16-11(9-19)4-3-5-15(16)21-2/h3-8,10,20H,1-2H3. The Kier molecular flexibility index (Phi) is 4.66. The molecule has 0 saturated carbocycles. The third kappa shape index (κ3) is 3.26. The van der Waals surface area contributed by atoms with E-state index in [1.54, 1.807) is 24.3 Å². The summed E-state index contributed by atoms with van der Waals surface area (Å²) in [6.45, 7) is 1.88. The van der Waals surface area contributed by atoms with E-state index in [1.807, 2.05) is 6.92 Å². The number of halogens is 2. The van der Waals surface area contributed by atoms with E-state index in [4.69, 9.17) is 16.3 Å². The summed E-state index contributed by atoms with van der Waals surface area (Å²) in [6, 6.07) is 11.4. The monoisotopic (exact) mass is 304 g/mol. The molecule has 0 bridgehead atoms. The summed E-state index contributed by atoms with van der Waals surface area (Å²) in [5.41, 5.74) is 1.81. The first-order chi connectivity index (χ1) is 10.1. The van der Waals surface area contributed by atoms with E-state index in [-0.39, 0.29) is 11.9 Å². The summed E-state index contributed by atoms with van der Waals surface area (Å²) in [5.74, 6) is 0.185. The average molecular weight is 305 g/mol. The fraction of sp³-hybridized carbons (Fsp3) is 0.188. The van der Waals surface area contributed by atoms with Gasteiger partial charge in [-0.25, -0.2) is 4.39 Å². The first-order valence-electron chi connectivity index (χ1n) is 6.35. The van der Waals surface area contributed by atoms with Gasteiger partial charge in [0.15, 0.2) is 0 Å². The third-order valence-electron chi connectivity index (χ3n) is 3.16. The van der Waals surface area contributed by atoms with E-state index in [2.05, 4.69) is 11.4 Å². The van der Waals surface area contributed by atoms with Crippen LogP contribution < -0.4 is 10.1 Å². The zero-order valence-corrected chi connectivity index (χ0v) is 12.4. The lowest BCUT2D eigenvalue weighted by molar-refractivity contribution is 0.416. The molecule has 0 fully saturated rings. The number of hydrogen-bond donors (Lipinski definition) is 1. The Morgan fingerprint density at radius 1 is 1.33 bits per heavy atom. The van der Waals surface area contributed by atoms with Gasteiger partial charge in [0.05, 0.1) is 24.4 Å². The maximum absolute atomic E-state index is 13.1. The van der Waals surface area contributed by atoms with Crippen LogP contribution in [-0.4, -0.2) is 7.11 Å². The molecule has 0 aromatic heterocycles. The largest absolute Gasteiger partial charge is 0.495 e. The van der Waals surface area contributed by atoms with E-state index < -0.39 is 0 Å². The zero-order chi connectivity index (χ0) is 15.4. The minimum Gasteiger partial charge on any atom is -0.495 e. The molecule has 0 heterocycles. The molecule has 5 heteroatoms. The number of nitriles is 1. The van der Waals surface area contributed by atoms with Crippen LogP contribution >= 0.6 is 11.6 Å². The molecule has 1 unspecified atom stereocenters. The van der Waals surface area contributed by atoms with Crippen LogP contribution in [0.2, 0.25) is 5.02 Å². The number of anilines is 1. The van der Waals surface area contributed by atoms with Crippen molar-refractivity contribution in [2.45, 2.75) is 13.0 Å². The highest BCUT2D eigenvalue weighted by Gasteiger charge is 2.15. The number of methoxy groups -OCH3 is 1. The number of benzene rings is 2. The SMILES string of the molecule is COc1cccc(C#N)c1NC(C)c1ccc(F)cc1Cl. The van der Waals surface area contributed by atoms with E-state index in [9.17, 15) is 9.65 Å². The minimum atomic E-state index is -0.383. The van der Waals surface area contributed by atoms with Gasteiger partial charge in [-0.1, -0.05) is 23.7 Å². The van der Waals surface area contributed by atoms with Crippen molar-refractivity contribution in [1.82, 2.24) is 0 Å². The Labute approximate surface area is 127 Å². The van der Waals surface area contributed by atoms with Crippen molar-refractivity contribution in [1.29, 1.82) is 5.26 Å². The van der Waals surface area contributed by atoms with Gasteiger partial charge in [0.2, 0.25) is 0 Å². The van der Waals surface area contributed by atoms with Crippen molar-refractivity contribution in [3.63, 3.8) is 0 Å². The Morgan fingerprint density at radius 2 is 2.10 bits per heavy atom. The number of nitrogens with zero attached hydrogens (tertiary/aromatic N) is 1. The smallest absolute Gasteiger partial charge is 0.143 e. The number of para-hydroxylation sites is 1. The van der Waals surface area contributed by atoms with Gasteiger partial charge in [0, 0.05) is 5.02 Å². The Hall–Kier alpha value is -2.25. The van der Waals surface area contributed by atoms with Gasteiger partial charge in [-0.15, -0.1) is 0 Å². The van der Waals surface area contributed by atoms with Crippen LogP contribution in [0.3, 0.4) is 0 Å². The molecular weight excluding hydrogens is 291 g/mol. The highest BCUT2D eigenvalue weighted by molar-refractivity contribution is 6.31. The second-order valence-electron chi connectivity index (χ2n) is 4.53. The number of nitrogens with one attached hydrogen (secondary N) is 1. The second kappa shape index (κ2) is 6.47. The summed E-state index contributed by atoms with van der Waals surface area (Å²) in [6.07, 6.45) is 0. The van der Waals surface area contributed by atoms with Crippen molar-refractivity contribution in [2.24, 2.45) is 0 Å². The fourth-order valence-electron chi connectivity index (χ4n) is 2.09. The van der Waals surface area contributed by atoms with Gasteiger partial charge in [0.1, 0.15) is 17.6 Å². The normalized spacial score (nSPS) is 11.6. The summed E-state index contributed by atoms with van der Waals surface area (Å²) in [5, 5.41) is 12.7. The van der Waals surface area contributed by atoms with Crippen LogP contribution in [0.4, 0.5) is 10.1 Å². The molecule has 0 aliphatic heterocycles. The van der Waals surface area contributed by atoms with Crippen molar-refractivity contribution in [3.8, 4) is 11.8 Å². The molecule has 2 aromatic carbocycles. The average Bonchev–Trinajstić information content (AvgIpc) is 2.47. The zero-order valence-electron chi connectivity index (χ0n) is 11.7. The van der Waals surface area contributed by atoms with Crippen LogP contribution in [0, 0.1) is 17.1 Å². The summed E-state index contributed by atoms with van der Waals surface area (Å²) < 4.78 is 18.4. The van der Waals surface area contributed by atoms with E-state index in [0.29, 0.717) is 22.0 Å². The van der Waals surface area contributed by atoms with Crippen LogP contribution in [0.25, 0.3) is 0 Å². The summed E-state index contributed by atoms with van der Waals surface area (Å²) in [7, 11) is 1.54. The van der Waals surface area contributed by atoms with Crippen LogP contribution in [-0.2, 0) is 0 Å². The molecule has 0 saturated heterocycles. The van der Waals surface area contributed by atoms with Crippen LogP contribution in [0.1, 0.15) is 24.1 Å². The van der Waals surface area contributed by atoms with Crippen molar-refractivity contribution in [3.05, 3.63) is 58.4 Å². The van der Waals surface area contributed by atoms with Crippen LogP contribution in [0.15, 0.2) is 36.4 Å². The summed E-state index contributed by atoms with van der Waals surface area (Å²) in [4.78, 5) is 0. The Morgan fingerprint density at radius 3 is 2.71 bits per heavy atom. The fourth-order valence-corrected chi connectivity index (χ4v) is 2.42. The van der Waals surface area contributed by atoms with Crippen molar-refractivity contribution < 1.29 is 9.13 Å². The first kappa shape index (κ1) is 15.1. The number of hydrogen-bond acceptors (Lipinski definition) is 3. The molecule has 0 radical (unpaired) electrons. The van der Waals surface area contributed by atoms with Gasteiger partial charge in [-0.05, 0) is 36.8 Å². The highest BCUT2D eigenvalue weighted by Crippen LogP contribution is 2.33. The van der Waals surface area contributed by atoms with Gasteiger partial charge in [-0.3, -0.25) is 0 Å². The molecule has 1 atom stereocenters. The van der Waals surface area contributed by atoms with E-state index in [0.717, 1.165) is 5.56 Å². The Balaban J connectivity index is 2.36. The number of rotatable bonds is 4. The lowest BCUT2D eigenvalue weighted by atomic mass is 10.1. The van der Waals surface area contributed by atoms with Gasteiger partial charge in [-0.2, -0.15) is 5.26 Å². The molecule has 108 valence electrons. The third-order valence-corrected chi connectivity index (χ3v) is 3.48. The van der Waals surface area contributed by atoms with Gasteiger partial charge < -0.3 is 10.1 Å². The van der Waals surface area contributed by atoms with Gasteiger partial charge in [0.25, 0.3) is 0 Å². The van der Waals surface area contributed by atoms with E-state index >= 15 is 0 Å². The lowest BCUT2D eigenvalue weighted by Gasteiger charge is -2.19. The minimum absolute atomic E-state index is 0.207. The predicted octanol–water partition coefficient (Wildman–Crippen LogP) is 4.53. The summed E-state index contributed by atoms with van der Waals surface area (Å²) >= 11 is 6.06. The Bertz CT molecular complexity index is 697. The molecular formula is C16H14ClFN2O. The molecule has 0 aliphatic rings. The quantitative estimate of drug-likeness (QED) is 0.902. The van der Waals surface area contributed by atoms with Crippen molar-refractivity contribution in [2.75, 3.05) is 12.4 Å². The van der Waals surface area contributed by atoms with Crippen molar-refractivity contribution >= 4 is 17.3 Å². The number of ether oxygens (including phenoxy) is 1. The van der Waals surface area contributed by atoms with Crippen LogP contribution in [0.5, 0.6) is 5.75 Å². The molecule has 3 nitrogen and oxygen atoms in total. The van der Waals surface area contributed by atoms with E-state index in [1.165, 1.54) is 19.2 Å². The topological polar surface area (TPSA) is 45.0 Å². The molecule has 0 spiro atoms. The molecule has 2 rings (SSSR count).